The third-order valence-corrected chi connectivity index (χ3v) is 4.52. The first kappa shape index (κ1) is 24.7. The van der Waals surface area contributed by atoms with Crippen LogP contribution in [0, 0.1) is 6.92 Å². The molecule has 32 heavy (non-hydrogen) atoms. The quantitative estimate of drug-likeness (QED) is 0.596. The van der Waals surface area contributed by atoms with Crippen molar-refractivity contribution in [2.24, 2.45) is 0 Å². The minimum absolute atomic E-state index is 0.224. The number of aromatic carboxylic acids is 1. The van der Waals surface area contributed by atoms with Crippen molar-refractivity contribution in [3.63, 3.8) is 0 Å². The zero-order chi connectivity index (χ0) is 23.9. The molecule has 0 fully saturated rings. The molecule has 0 aliphatic heterocycles. The first-order valence-corrected chi connectivity index (χ1v) is 10.1. The lowest BCUT2D eigenvalue weighted by molar-refractivity contribution is -0.143. The Morgan fingerprint density at radius 1 is 1.06 bits per heavy atom. The number of alkyl carbamates (subject to hydrolysis) is 1. The van der Waals surface area contributed by atoms with E-state index in [1.54, 1.807) is 63.2 Å². The van der Waals surface area contributed by atoms with E-state index in [4.69, 9.17) is 19.3 Å². The number of methoxy groups -OCH3 is 1. The standard InChI is InChI=1S/C24H29NO7/c1-15-12-17(21(26)27)8-9-18(15)14-31-19-10-6-16(7-11-19)13-20(22(28)30-5)25-23(29)32-24(2,3)4/h6-12,20H,13-14H2,1-5H3,(H,25,29)(H,26,27). The van der Waals surface area contributed by atoms with Crippen molar-refractivity contribution in [1.82, 2.24) is 5.32 Å². The molecule has 0 spiro atoms. The van der Waals surface area contributed by atoms with Gasteiger partial charge in [0.15, 0.2) is 0 Å². The highest BCUT2D eigenvalue weighted by molar-refractivity contribution is 5.87. The van der Waals surface area contributed by atoms with E-state index >= 15 is 0 Å². The Hall–Kier alpha value is -3.55. The van der Waals surface area contributed by atoms with Crippen LogP contribution in [0.1, 0.15) is 47.8 Å². The number of ether oxygens (including phenoxy) is 3. The number of esters is 1. The number of nitrogens with one attached hydrogen (secondary N) is 1. The number of aryl methyl sites for hydroxylation is 1. The molecule has 172 valence electrons. The zero-order valence-corrected chi connectivity index (χ0v) is 18.9. The summed E-state index contributed by atoms with van der Waals surface area (Å²) in [5, 5.41) is 11.6. The number of carboxylic acids is 1. The lowest BCUT2D eigenvalue weighted by atomic mass is 10.1. The van der Waals surface area contributed by atoms with Gasteiger partial charge in [-0.3, -0.25) is 0 Å². The second-order valence-corrected chi connectivity index (χ2v) is 8.31. The van der Waals surface area contributed by atoms with Crippen LogP contribution in [0.15, 0.2) is 42.5 Å². The predicted octanol–water partition coefficient (Wildman–Crippen LogP) is 3.88. The van der Waals surface area contributed by atoms with Gasteiger partial charge in [-0.2, -0.15) is 0 Å². The van der Waals surface area contributed by atoms with Crippen LogP contribution in [0.4, 0.5) is 4.79 Å². The maximum Gasteiger partial charge on any atom is 0.408 e. The van der Waals surface area contributed by atoms with Crippen LogP contribution in [0.2, 0.25) is 0 Å². The van der Waals surface area contributed by atoms with Gasteiger partial charge in [0, 0.05) is 6.42 Å². The van der Waals surface area contributed by atoms with Gasteiger partial charge in [0.1, 0.15) is 24.0 Å². The summed E-state index contributed by atoms with van der Waals surface area (Å²) in [7, 11) is 1.26. The Morgan fingerprint density at radius 2 is 1.72 bits per heavy atom. The first-order valence-electron chi connectivity index (χ1n) is 10.1. The average molecular weight is 443 g/mol. The van der Waals surface area contributed by atoms with E-state index < -0.39 is 29.7 Å². The normalized spacial score (nSPS) is 11.9. The summed E-state index contributed by atoms with van der Waals surface area (Å²) in [5.74, 6) is -0.927. The predicted molar refractivity (Wildman–Crippen MR) is 118 cm³/mol. The fraction of sp³-hybridized carbons (Fsp3) is 0.375. The zero-order valence-electron chi connectivity index (χ0n) is 18.9. The summed E-state index contributed by atoms with van der Waals surface area (Å²) in [6.07, 6.45) is -0.473. The van der Waals surface area contributed by atoms with Crippen molar-refractivity contribution in [2.45, 2.75) is 52.4 Å². The van der Waals surface area contributed by atoms with Gasteiger partial charge in [-0.05, 0) is 68.7 Å². The van der Waals surface area contributed by atoms with E-state index in [2.05, 4.69) is 5.32 Å². The van der Waals surface area contributed by atoms with Crippen LogP contribution >= 0.6 is 0 Å². The van der Waals surface area contributed by atoms with Crippen molar-refractivity contribution in [2.75, 3.05) is 7.11 Å². The Balaban J connectivity index is 2.00. The van der Waals surface area contributed by atoms with Crippen molar-refractivity contribution in [3.8, 4) is 5.75 Å². The van der Waals surface area contributed by atoms with Gasteiger partial charge in [0.2, 0.25) is 0 Å². The Morgan fingerprint density at radius 3 is 2.25 bits per heavy atom. The first-order chi connectivity index (χ1) is 15.0. The van der Waals surface area contributed by atoms with E-state index in [-0.39, 0.29) is 18.6 Å². The lowest BCUT2D eigenvalue weighted by Crippen LogP contribution is -2.45. The van der Waals surface area contributed by atoms with Gasteiger partial charge in [-0.25, -0.2) is 14.4 Å². The van der Waals surface area contributed by atoms with E-state index in [0.717, 1.165) is 16.7 Å². The molecule has 2 aromatic rings. The molecule has 0 aromatic heterocycles. The maximum atomic E-state index is 12.1. The highest BCUT2D eigenvalue weighted by Gasteiger charge is 2.25. The van der Waals surface area contributed by atoms with Gasteiger partial charge >= 0.3 is 18.0 Å². The smallest absolute Gasteiger partial charge is 0.408 e. The second-order valence-electron chi connectivity index (χ2n) is 8.31. The summed E-state index contributed by atoms with van der Waals surface area (Å²) in [5.41, 5.74) is 2.05. The summed E-state index contributed by atoms with van der Waals surface area (Å²) < 4.78 is 15.8. The van der Waals surface area contributed by atoms with Crippen LogP contribution in [-0.4, -0.2) is 41.9 Å². The summed E-state index contributed by atoms with van der Waals surface area (Å²) >= 11 is 0. The Bertz CT molecular complexity index is 961. The monoisotopic (exact) mass is 443 g/mol. The number of carbonyl (C=O) groups is 3. The molecule has 2 aromatic carbocycles. The molecule has 2 rings (SSSR count). The highest BCUT2D eigenvalue weighted by Crippen LogP contribution is 2.18. The van der Waals surface area contributed by atoms with Crippen molar-refractivity contribution >= 4 is 18.0 Å². The SMILES string of the molecule is COC(=O)C(Cc1ccc(OCc2ccc(C(=O)O)cc2C)cc1)NC(=O)OC(C)(C)C. The number of carboxylic acid groups (broad SMARTS) is 1. The minimum atomic E-state index is -0.970. The van der Waals surface area contributed by atoms with Gasteiger partial charge in [-0.15, -0.1) is 0 Å². The van der Waals surface area contributed by atoms with Crippen LogP contribution in [0.3, 0.4) is 0 Å². The Kier molecular flexibility index (Phi) is 8.23. The number of hydrogen-bond donors (Lipinski definition) is 2. The fourth-order valence-corrected chi connectivity index (χ4v) is 2.89. The fourth-order valence-electron chi connectivity index (χ4n) is 2.89. The van der Waals surface area contributed by atoms with Crippen LogP contribution in [-0.2, 0) is 27.3 Å². The topological polar surface area (TPSA) is 111 Å². The lowest BCUT2D eigenvalue weighted by Gasteiger charge is -2.22. The molecule has 8 heteroatoms. The van der Waals surface area contributed by atoms with Crippen LogP contribution in [0.5, 0.6) is 5.75 Å². The van der Waals surface area contributed by atoms with Gasteiger partial charge < -0.3 is 24.6 Å². The van der Waals surface area contributed by atoms with E-state index in [9.17, 15) is 14.4 Å². The van der Waals surface area contributed by atoms with Gasteiger partial charge in [0.05, 0.1) is 12.7 Å². The molecule has 0 radical (unpaired) electrons. The van der Waals surface area contributed by atoms with Crippen molar-refractivity contribution in [1.29, 1.82) is 0 Å². The molecule has 1 unspecified atom stereocenters. The molecule has 0 aliphatic carbocycles. The van der Waals surface area contributed by atoms with Crippen LogP contribution < -0.4 is 10.1 Å². The van der Waals surface area contributed by atoms with Crippen LogP contribution in [0.25, 0.3) is 0 Å². The largest absolute Gasteiger partial charge is 0.489 e. The summed E-state index contributed by atoms with van der Waals surface area (Å²) in [6.45, 7) is 7.33. The number of hydrogen-bond acceptors (Lipinski definition) is 6. The van der Waals surface area contributed by atoms with E-state index in [1.165, 1.54) is 7.11 Å². The molecule has 0 heterocycles. The van der Waals surface area contributed by atoms with Gasteiger partial charge in [0.25, 0.3) is 0 Å². The molecule has 0 saturated heterocycles. The molecule has 0 saturated carbocycles. The summed E-state index contributed by atoms with van der Waals surface area (Å²) in [4.78, 5) is 35.2. The van der Waals surface area contributed by atoms with E-state index in [0.29, 0.717) is 5.75 Å². The Labute approximate surface area is 187 Å². The third-order valence-electron chi connectivity index (χ3n) is 4.52. The number of rotatable bonds is 8. The van der Waals surface area contributed by atoms with Crippen molar-refractivity contribution in [3.05, 3.63) is 64.7 Å². The van der Waals surface area contributed by atoms with E-state index in [1.807, 2.05) is 6.92 Å². The number of benzene rings is 2. The second kappa shape index (κ2) is 10.7. The molecule has 0 bridgehead atoms. The van der Waals surface area contributed by atoms with Gasteiger partial charge in [-0.1, -0.05) is 18.2 Å². The minimum Gasteiger partial charge on any atom is -0.489 e. The number of carbonyl (C=O) groups excluding carboxylic acids is 2. The average Bonchev–Trinajstić information content (AvgIpc) is 2.71. The molecule has 2 N–H and O–H groups in total. The molecular weight excluding hydrogens is 414 g/mol. The molecule has 1 atom stereocenters. The molecule has 1 amide bonds. The van der Waals surface area contributed by atoms with Crippen molar-refractivity contribution < 1.29 is 33.7 Å². The highest BCUT2D eigenvalue weighted by atomic mass is 16.6. The molecule has 0 aliphatic rings. The molecule has 8 nitrogen and oxygen atoms in total. The molecular formula is C24H29NO7. The third kappa shape index (κ3) is 7.61. The maximum absolute atomic E-state index is 12.1. The number of amides is 1. The summed E-state index contributed by atoms with van der Waals surface area (Å²) in [6, 6.07) is 11.1.